The largest absolute Gasteiger partial charge is 0.499 e. The maximum absolute atomic E-state index is 6.41. The van der Waals surface area contributed by atoms with Crippen LogP contribution < -0.4 is 10.2 Å². The zero-order valence-corrected chi connectivity index (χ0v) is 21.7. The van der Waals surface area contributed by atoms with E-state index in [-0.39, 0.29) is 0 Å². The maximum Gasteiger partial charge on any atom is 0.499 e. The molecule has 2 aromatic heterocycles. The van der Waals surface area contributed by atoms with Crippen molar-refractivity contribution in [2.75, 3.05) is 7.11 Å². The SMILES string of the molecule is COc1cnc2c(ccn2[Si](C(C)C)(C(C)C)C(C)C)c1B1OC(C)(C)C(C)(C)O1. The number of aromatic nitrogens is 2. The Kier molecular flexibility index (Phi) is 5.98. The molecule has 0 aromatic carbocycles. The number of hydrogen-bond acceptors (Lipinski definition) is 4. The van der Waals surface area contributed by atoms with Crippen molar-refractivity contribution < 1.29 is 14.0 Å². The number of fused-ring (bicyclic) bond motifs is 1. The number of pyridine rings is 1. The monoisotopic (exact) mass is 430 g/mol. The van der Waals surface area contributed by atoms with Gasteiger partial charge in [-0.05, 0) is 56.6 Å². The van der Waals surface area contributed by atoms with Crippen LogP contribution in [0.4, 0.5) is 0 Å². The highest BCUT2D eigenvalue weighted by Crippen LogP contribution is 2.44. The lowest BCUT2D eigenvalue weighted by Gasteiger charge is -2.44. The van der Waals surface area contributed by atoms with Gasteiger partial charge in [0.15, 0.2) is 8.24 Å². The molecular formula is C23H39BN2O3Si. The summed E-state index contributed by atoms with van der Waals surface area (Å²) in [7, 11) is -0.733. The molecule has 3 heterocycles. The Morgan fingerprint density at radius 3 is 1.90 bits per heavy atom. The van der Waals surface area contributed by atoms with E-state index >= 15 is 0 Å². The summed E-state index contributed by atoms with van der Waals surface area (Å²) in [6.45, 7) is 22.6. The summed E-state index contributed by atoms with van der Waals surface area (Å²) in [5, 5.41) is 1.06. The molecule has 1 aliphatic rings. The molecule has 0 saturated carbocycles. The Bertz CT molecular complexity index is 883. The number of nitrogens with zero attached hydrogens (tertiary/aromatic N) is 2. The standard InChI is InChI=1S/C23H39BN2O3Si/c1-15(2)30(16(3)4,17(5)6)26-13-12-18-20(19(27-11)14-25-21(18)26)24-28-22(7,8)23(9,10)29-24/h12-17H,1-11H3. The second kappa shape index (κ2) is 7.68. The molecule has 0 unspecified atom stereocenters. The first-order chi connectivity index (χ1) is 13.8. The van der Waals surface area contributed by atoms with Crippen molar-refractivity contribution in [1.82, 2.24) is 9.22 Å². The van der Waals surface area contributed by atoms with Crippen LogP contribution in [0.3, 0.4) is 0 Å². The molecule has 5 nitrogen and oxygen atoms in total. The highest BCUT2D eigenvalue weighted by molar-refractivity contribution is 6.82. The maximum atomic E-state index is 6.41. The lowest BCUT2D eigenvalue weighted by atomic mass is 9.77. The lowest BCUT2D eigenvalue weighted by molar-refractivity contribution is 0.00578. The van der Waals surface area contributed by atoms with Crippen LogP contribution in [0.5, 0.6) is 5.75 Å². The Balaban J connectivity index is 2.27. The molecular weight excluding hydrogens is 391 g/mol. The van der Waals surface area contributed by atoms with E-state index in [0.29, 0.717) is 22.4 Å². The van der Waals surface area contributed by atoms with E-state index in [2.05, 4.69) is 85.7 Å². The van der Waals surface area contributed by atoms with Gasteiger partial charge in [-0.15, -0.1) is 0 Å². The van der Waals surface area contributed by atoms with Gasteiger partial charge in [0.1, 0.15) is 11.4 Å². The van der Waals surface area contributed by atoms with E-state index < -0.39 is 26.6 Å². The average molecular weight is 430 g/mol. The fraction of sp³-hybridized carbons (Fsp3) is 0.696. The van der Waals surface area contributed by atoms with Gasteiger partial charge in [-0.1, -0.05) is 41.5 Å². The van der Waals surface area contributed by atoms with Gasteiger partial charge in [0.2, 0.25) is 0 Å². The summed E-state index contributed by atoms with van der Waals surface area (Å²) >= 11 is 0. The zero-order chi connectivity index (χ0) is 22.6. The predicted octanol–water partition coefficient (Wildman–Crippen LogP) is 5.37. The molecule has 0 radical (unpaired) electrons. The van der Waals surface area contributed by atoms with Crippen LogP contribution in [0.15, 0.2) is 18.5 Å². The van der Waals surface area contributed by atoms with E-state index in [1.165, 1.54) is 0 Å². The first-order valence-corrected chi connectivity index (χ1v) is 13.4. The highest BCUT2D eigenvalue weighted by Gasteiger charge is 2.53. The predicted molar refractivity (Wildman–Crippen MR) is 128 cm³/mol. The van der Waals surface area contributed by atoms with Crippen molar-refractivity contribution in [3.8, 4) is 5.75 Å². The summed E-state index contributed by atoms with van der Waals surface area (Å²) in [5.74, 6) is 0.713. The average Bonchev–Trinajstić information content (AvgIpc) is 3.12. The third-order valence-electron chi connectivity index (χ3n) is 7.62. The minimum Gasteiger partial charge on any atom is -0.495 e. The molecule has 0 amide bonds. The molecule has 0 atom stereocenters. The fourth-order valence-corrected chi connectivity index (χ4v) is 12.1. The van der Waals surface area contributed by atoms with Gasteiger partial charge in [0, 0.05) is 10.8 Å². The molecule has 1 aliphatic heterocycles. The molecule has 0 N–H and O–H groups in total. The summed E-state index contributed by atoms with van der Waals surface area (Å²) < 4.78 is 21.1. The van der Waals surface area contributed by atoms with Gasteiger partial charge in [-0.25, -0.2) is 4.98 Å². The second-order valence-corrected chi connectivity index (χ2v) is 16.3. The third-order valence-corrected chi connectivity index (χ3v) is 14.4. The van der Waals surface area contributed by atoms with Crippen LogP contribution in [-0.4, -0.2) is 42.9 Å². The van der Waals surface area contributed by atoms with Crippen LogP contribution in [0.25, 0.3) is 11.0 Å². The summed E-state index contributed by atoms with van der Waals surface area (Å²) in [4.78, 5) is 4.89. The lowest BCUT2D eigenvalue weighted by Crippen LogP contribution is -2.51. The molecule has 0 aliphatic carbocycles. The first kappa shape index (κ1) is 23.4. The Hall–Kier alpha value is -1.31. The van der Waals surface area contributed by atoms with Crippen molar-refractivity contribution >= 4 is 31.9 Å². The normalized spacial score (nSPS) is 18.9. The number of methoxy groups -OCH3 is 1. The summed E-state index contributed by atoms with van der Waals surface area (Å²) in [6.07, 6.45) is 4.08. The van der Waals surface area contributed by atoms with Crippen LogP contribution in [0.1, 0.15) is 69.2 Å². The zero-order valence-electron chi connectivity index (χ0n) is 20.7. The van der Waals surface area contributed by atoms with Gasteiger partial charge in [-0.3, -0.25) is 0 Å². The minimum absolute atomic E-state index is 0.410. The summed E-state index contributed by atoms with van der Waals surface area (Å²) in [5.41, 5.74) is 2.88. The molecule has 1 fully saturated rings. The van der Waals surface area contributed by atoms with Crippen LogP contribution >= 0.6 is 0 Å². The molecule has 2 aromatic rings. The van der Waals surface area contributed by atoms with Crippen LogP contribution in [0, 0.1) is 0 Å². The molecule has 7 heteroatoms. The van der Waals surface area contributed by atoms with Gasteiger partial charge in [0.25, 0.3) is 0 Å². The number of hydrogen-bond donors (Lipinski definition) is 0. The smallest absolute Gasteiger partial charge is 0.495 e. The van der Waals surface area contributed by atoms with Gasteiger partial charge in [0.05, 0.1) is 24.5 Å². The molecule has 1 saturated heterocycles. The van der Waals surface area contributed by atoms with Crippen LogP contribution in [-0.2, 0) is 9.31 Å². The third kappa shape index (κ3) is 3.24. The van der Waals surface area contributed by atoms with Crippen LogP contribution in [0.2, 0.25) is 16.6 Å². The molecule has 166 valence electrons. The second-order valence-electron chi connectivity index (χ2n) is 10.6. The van der Waals surface area contributed by atoms with Crippen molar-refractivity contribution in [3.05, 3.63) is 18.5 Å². The Labute approximate surface area is 183 Å². The Morgan fingerprint density at radius 2 is 1.47 bits per heavy atom. The van der Waals surface area contributed by atoms with E-state index in [4.69, 9.17) is 19.0 Å². The number of ether oxygens (including phenoxy) is 1. The highest BCUT2D eigenvalue weighted by atomic mass is 28.3. The van der Waals surface area contributed by atoms with E-state index in [1.807, 2.05) is 6.20 Å². The number of rotatable bonds is 6. The molecule has 3 rings (SSSR count). The van der Waals surface area contributed by atoms with Gasteiger partial charge in [-0.2, -0.15) is 0 Å². The Morgan fingerprint density at radius 1 is 0.967 bits per heavy atom. The van der Waals surface area contributed by atoms with Crippen molar-refractivity contribution in [1.29, 1.82) is 0 Å². The molecule has 0 spiro atoms. The van der Waals surface area contributed by atoms with Gasteiger partial charge < -0.3 is 18.3 Å². The van der Waals surface area contributed by atoms with E-state index in [9.17, 15) is 0 Å². The van der Waals surface area contributed by atoms with E-state index in [1.54, 1.807) is 7.11 Å². The molecule has 30 heavy (non-hydrogen) atoms. The van der Waals surface area contributed by atoms with E-state index in [0.717, 1.165) is 16.5 Å². The van der Waals surface area contributed by atoms with Gasteiger partial charge >= 0.3 is 7.12 Å². The topological polar surface area (TPSA) is 45.5 Å². The molecule has 0 bridgehead atoms. The van der Waals surface area contributed by atoms with Crippen molar-refractivity contribution in [3.63, 3.8) is 0 Å². The van der Waals surface area contributed by atoms with Crippen molar-refractivity contribution in [2.24, 2.45) is 0 Å². The first-order valence-electron chi connectivity index (χ1n) is 11.2. The quantitative estimate of drug-likeness (QED) is 0.578. The minimum atomic E-state index is -1.93. The van der Waals surface area contributed by atoms with Crippen molar-refractivity contribution in [2.45, 2.75) is 97.1 Å². The fourth-order valence-electron chi connectivity index (χ4n) is 5.60. The summed E-state index contributed by atoms with van der Waals surface area (Å²) in [6, 6.07) is 2.18.